The van der Waals surface area contributed by atoms with Crippen molar-refractivity contribution in [2.45, 2.75) is 6.92 Å². The minimum absolute atomic E-state index is 0.718. The highest BCUT2D eigenvalue weighted by molar-refractivity contribution is 5.95. The van der Waals surface area contributed by atoms with Crippen LogP contribution in [0.4, 0.5) is 5.69 Å². The van der Waals surface area contributed by atoms with Crippen molar-refractivity contribution >= 4 is 16.6 Å². The molecule has 3 nitrogen and oxygen atoms in total. The number of hydrogen-bond acceptors (Lipinski definition) is 3. The van der Waals surface area contributed by atoms with Crippen LogP contribution in [0.1, 0.15) is 5.56 Å². The monoisotopic (exact) mass is 264 g/mol. The smallest absolute Gasteiger partial charge is 0.119 e. The number of nitrogen functional groups attached to an aromatic ring is 1. The minimum Gasteiger partial charge on any atom is -0.497 e. The second kappa shape index (κ2) is 4.85. The van der Waals surface area contributed by atoms with Crippen LogP contribution < -0.4 is 10.5 Å². The van der Waals surface area contributed by atoms with E-state index >= 15 is 0 Å². The van der Waals surface area contributed by atoms with E-state index in [1.54, 1.807) is 7.11 Å². The summed E-state index contributed by atoms with van der Waals surface area (Å²) >= 11 is 0. The Balaban J connectivity index is 2.27. The van der Waals surface area contributed by atoms with Crippen LogP contribution >= 0.6 is 0 Å². The minimum atomic E-state index is 0.718. The highest BCUT2D eigenvalue weighted by atomic mass is 16.5. The Morgan fingerprint density at radius 1 is 1.05 bits per heavy atom. The van der Waals surface area contributed by atoms with E-state index in [-0.39, 0.29) is 0 Å². The summed E-state index contributed by atoms with van der Waals surface area (Å²) in [6, 6.07) is 15.9. The zero-order valence-electron chi connectivity index (χ0n) is 11.6. The maximum absolute atomic E-state index is 6.19. The zero-order chi connectivity index (χ0) is 14.1. The van der Waals surface area contributed by atoms with Crippen molar-refractivity contribution < 1.29 is 4.74 Å². The van der Waals surface area contributed by atoms with Crippen molar-refractivity contribution in [2.24, 2.45) is 0 Å². The van der Waals surface area contributed by atoms with Crippen molar-refractivity contribution in [2.75, 3.05) is 12.8 Å². The van der Waals surface area contributed by atoms with E-state index < -0.39 is 0 Å². The van der Waals surface area contributed by atoms with Gasteiger partial charge < -0.3 is 10.5 Å². The van der Waals surface area contributed by atoms with Crippen LogP contribution in [-0.4, -0.2) is 12.1 Å². The predicted molar refractivity (Wildman–Crippen MR) is 82.9 cm³/mol. The molecule has 0 atom stereocenters. The van der Waals surface area contributed by atoms with E-state index in [0.29, 0.717) is 0 Å². The molecule has 3 heteroatoms. The third-order valence-corrected chi connectivity index (χ3v) is 3.41. The van der Waals surface area contributed by atoms with Crippen LogP contribution in [-0.2, 0) is 0 Å². The van der Waals surface area contributed by atoms with Gasteiger partial charge >= 0.3 is 0 Å². The van der Waals surface area contributed by atoms with E-state index in [1.807, 2.05) is 55.5 Å². The second-order valence-electron chi connectivity index (χ2n) is 4.80. The quantitative estimate of drug-likeness (QED) is 0.765. The summed E-state index contributed by atoms with van der Waals surface area (Å²) in [4.78, 5) is 4.75. The van der Waals surface area contributed by atoms with Gasteiger partial charge in [0.2, 0.25) is 0 Å². The first-order chi connectivity index (χ1) is 9.69. The Hall–Kier alpha value is -2.55. The van der Waals surface area contributed by atoms with Gasteiger partial charge in [-0.3, -0.25) is 0 Å². The number of anilines is 1. The molecule has 0 aliphatic heterocycles. The molecule has 1 aromatic heterocycles. The fraction of sp³-hybridized carbons (Fsp3) is 0.118. The average Bonchev–Trinajstić information content (AvgIpc) is 2.48. The molecule has 0 amide bonds. The van der Waals surface area contributed by atoms with Crippen LogP contribution in [0.2, 0.25) is 0 Å². The van der Waals surface area contributed by atoms with Crippen LogP contribution in [0, 0.1) is 6.92 Å². The molecule has 3 aromatic rings. The van der Waals surface area contributed by atoms with E-state index in [1.165, 1.54) is 0 Å². The SMILES string of the molecule is COc1cc(C)c2nc(-c3ccccc3)cc(N)c2c1. The lowest BCUT2D eigenvalue weighted by Gasteiger charge is -2.10. The number of benzene rings is 2. The van der Waals surface area contributed by atoms with Crippen LogP contribution in [0.3, 0.4) is 0 Å². The molecule has 0 aliphatic carbocycles. The number of fused-ring (bicyclic) bond motifs is 1. The first-order valence-corrected chi connectivity index (χ1v) is 6.49. The summed E-state index contributed by atoms with van der Waals surface area (Å²) in [5.74, 6) is 0.802. The van der Waals surface area contributed by atoms with E-state index in [9.17, 15) is 0 Å². The molecule has 2 N–H and O–H groups in total. The molecule has 100 valence electrons. The molecular weight excluding hydrogens is 248 g/mol. The van der Waals surface area contributed by atoms with Crippen molar-refractivity contribution in [1.82, 2.24) is 4.98 Å². The normalized spacial score (nSPS) is 10.7. The lowest BCUT2D eigenvalue weighted by Crippen LogP contribution is -1.95. The zero-order valence-corrected chi connectivity index (χ0v) is 11.6. The van der Waals surface area contributed by atoms with Crippen molar-refractivity contribution in [1.29, 1.82) is 0 Å². The molecule has 3 rings (SSSR count). The Morgan fingerprint density at radius 3 is 2.50 bits per heavy atom. The summed E-state index contributed by atoms with van der Waals surface area (Å²) in [6.07, 6.45) is 0. The molecular formula is C17H16N2O. The molecule has 0 unspecified atom stereocenters. The highest BCUT2D eigenvalue weighted by Gasteiger charge is 2.09. The van der Waals surface area contributed by atoms with Crippen LogP contribution in [0.25, 0.3) is 22.2 Å². The van der Waals surface area contributed by atoms with Crippen molar-refractivity contribution in [3.63, 3.8) is 0 Å². The fourth-order valence-corrected chi connectivity index (χ4v) is 2.37. The van der Waals surface area contributed by atoms with Crippen LogP contribution in [0.5, 0.6) is 5.75 Å². The van der Waals surface area contributed by atoms with Gasteiger partial charge in [0.25, 0.3) is 0 Å². The number of aryl methyl sites for hydroxylation is 1. The van der Waals surface area contributed by atoms with Gasteiger partial charge in [-0.2, -0.15) is 0 Å². The van der Waals surface area contributed by atoms with Crippen molar-refractivity contribution in [3.05, 3.63) is 54.1 Å². The molecule has 1 heterocycles. The summed E-state index contributed by atoms with van der Waals surface area (Å²) in [5.41, 5.74) is 10.8. The van der Waals surface area contributed by atoms with Gasteiger partial charge in [-0.1, -0.05) is 30.3 Å². The summed E-state index contributed by atoms with van der Waals surface area (Å²) in [6.45, 7) is 2.02. The summed E-state index contributed by atoms with van der Waals surface area (Å²) in [5, 5.41) is 0.932. The number of rotatable bonds is 2. The maximum atomic E-state index is 6.19. The number of methoxy groups -OCH3 is 1. The van der Waals surface area contributed by atoms with E-state index in [2.05, 4.69) is 0 Å². The van der Waals surface area contributed by atoms with Gasteiger partial charge in [0.05, 0.1) is 18.3 Å². The Bertz CT molecular complexity index is 767. The second-order valence-corrected chi connectivity index (χ2v) is 4.80. The summed E-state index contributed by atoms with van der Waals surface area (Å²) in [7, 11) is 1.66. The largest absolute Gasteiger partial charge is 0.497 e. The first kappa shape index (κ1) is 12.5. The van der Waals surface area contributed by atoms with Gasteiger partial charge in [0.1, 0.15) is 5.75 Å². The van der Waals surface area contributed by atoms with Gasteiger partial charge in [-0.05, 0) is 30.7 Å². The van der Waals surface area contributed by atoms with Gasteiger partial charge in [-0.15, -0.1) is 0 Å². The average molecular weight is 264 g/mol. The van der Waals surface area contributed by atoms with Gasteiger partial charge in [0.15, 0.2) is 0 Å². The molecule has 0 fully saturated rings. The number of aromatic nitrogens is 1. The molecule has 0 aliphatic rings. The summed E-state index contributed by atoms with van der Waals surface area (Å²) < 4.78 is 5.29. The van der Waals surface area contributed by atoms with Crippen molar-refractivity contribution in [3.8, 4) is 17.0 Å². The first-order valence-electron chi connectivity index (χ1n) is 6.49. The topological polar surface area (TPSA) is 48.1 Å². The molecule has 0 radical (unpaired) electrons. The predicted octanol–water partition coefficient (Wildman–Crippen LogP) is 3.80. The Labute approximate surface area is 118 Å². The van der Waals surface area contributed by atoms with E-state index in [0.717, 1.165) is 39.2 Å². The molecule has 0 bridgehead atoms. The fourth-order valence-electron chi connectivity index (χ4n) is 2.37. The number of nitrogens with zero attached hydrogens (tertiary/aromatic N) is 1. The van der Waals surface area contributed by atoms with Crippen LogP contribution in [0.15, 0.2) is 48.5 Å². The number of hydrogen-bond donors (Lipinski definition) is 1. The Kier molecular flexibility index (Phi) is 3.03. The maximum Gasteiger partial charge on any atom is 0.119 e. The van der Waals surface area contributed by atoms with Gasteiger partial charge in [0, 0.05) is 16.6 Å². The molecule has 2 aromatic carbocycles. The third-order valence-electron chi connectivity index (χ3n) is 3.41. The third kappa shape index (κ3) is 2.07. The number of pyridine rings is 1. The number of nitrogens with two attached hydrogens (primary N) is 1. The molecule has 0 saturated heterocycles. The Morgan fingerprint density at radius 2 is 1.80 bits per heavy atom. The molecule has 0 saturated carbocycles. The molecule has 20 heavy (non-hydrogen) atoms. The highest BCUT2D eigenvalue weighted by Crippen LogP contribution is 2.31. The van der Waals surface area contributed by atoms with Gasteiger partial charge in [-0.25, -0.2) is 4.98 Å². The molecule has 0 spiro atoms. The van der Waals surface area contributed by atoms with E-state index in [4.69, 9.17) is 15.5 Å². The lowest BCUT2D eigenvalue weighted by molar-refractivity contribution is 0.415. The lowest BCUT2D eigenvalue weighted by atomic mass is 10.1. The number of ether oxygens (including phenoxy) is 1. The standard InChI is InChI=1S/C17H16N2O/c1-11-8-13(20-2)9-14-15(18)10-16(19-17(11)14)12-6-4-3-5-7-12/h3-10H,1-2H3,(H2,18,19).